The van der Waals surface area contributed by atoms with Crippen LogP contribution in [0.2, 0.25) is 0 Å². The van der Waals surface area contributed by atoms with E-state index in [1.807, 2.05) is 12.1 Å². The molecule has 0 bridgehead atoms. The van der Waals surface area contributed by atoms with Crippen LogP contribution in [0, 0.1) is 0 Å². The van der Waals surface area contributed by atoms with Crippen molar-refractivity contribution in [2.75, 3.05) is 5.32 Å². The number of aliphatic hydroxyl groups is 1. The highest BCUT2D eigenvalue weighted by atomic mass is 16.4. The molecule has 1 aromatic carbocycles. The van der Waals surface area contributed by atoms with Crippen molar-refractivity contribution >= 4 is 5.69 Å². The van der Waals surface area contributed by atoms with E-state index in [1.54, 1.807) is 0 Å². The van der Waals surface area contributed by atoms with Crippen LogP contribution in [0.3, 0.4) is 0 Å². The number of rotatable bonds is 6. The Bertz CT molecular complexity index is 654. The highest BCUT2D eigenvalue weighted by Crippen LogP contribution is 2.38. The maximum atomic E-state index is 9.12. The van der Waals surface area contributed by atoms with Crippen LogP contribution >= 0.6 is 0 Å². The van der Waals surface area contributed by atoms with E-state index >= 15 is 0 Å². The van der Waals surface area contributed by atoms with E-state index in [9.17, 15) is 0 Å². The van der Waals surface area contributed by atoms with Crippen molar-refractivity contribution in [3.63, 3.8) is 0 Å². The van der Waals surface area contributed by atoms with Gasteiger partial charge in [0.15, 0.2) is 0 Å². The fourth-order valence-corrected chi connectivity index (χ4v) is 3.64. The number of hydrogen-bond acceptors (Lipinski definition) is 3. The number of benzene rings is 1. The molecule has 1 heterocycles. The minimum Gasteiger partial charge on any atom is -0.462 e. The third-order valence-corrected chi connectivity index (χ3v) is 5.11. The molecule has 3 rings (SSSR count). The summed E-state index contributed by atoms with van der Waals surface area (Å²) in [6.45, 7) is 5.12. The van der Waals surface area contributed by atoms with Gasteiger partial charge in [-0.15, -0.1) is 0 Å². The molecule has 0 radical (unpaired) electrons. The van der Waals surface area contributed by atoms with Gasteiger partial charge in [-0.05, 0) is 54.0 Å². The molecule has 3 nitrogen and oxygen atoms in total. The fraction of sp³-hybridized carbons (Fsp3) is 0.524. The van der Waals surface area contributed by atoms with Gasteiger partial charge in [0.05, 0.1) is 6.54 Å². The summed E-state index contributed by atoms with van der Waals surface area (Å²) < 4.78 is 5.59. The molecule has 1 fully saturated rings. The Morgan fingerprint density at radius 2 is 1.83 bits per heavy atom. The standard InChI is InChI=1S/C21H29NO2/c1-15(2)17-8-11-21(20(12-17)16-6-4-3-5-7-16)22-13-18-9-10-19(14-23)24-18/h8-12,15-16,22-23H,3-7,13-14H2,1-2H3. The van der Waals surface area contributed by atoms with Crippen molar-refractivity contribution in [1.29, 1.82) is 0 Å². The molecule has 0 amide bonds. The molecule has 24 heavy (non-hydrogen) atoms. The second-order valence-electron chi connectivity index (χ2n) is 7.22. The molecule has 0 unspecified atom stereocenters. The first-order valence-corrected chi connectivity index (χ1v) is 9.23. The maximum Gasteiger partial charge on any atom is 0.129 e. The fourth-order valence-electron chi connectivity index (χ4n) is 3.64. The van der Waals surface area contributed by atoms with Crippen LogP contribution in [-0.4, -0.2) is 5.11 Å². The second kappa shape index (κ2) is 7.89. The SMILES string of the molecule is CC(C)c1ccc(NCc2ccc(CO)o2)c(C2CCCCC2)c1. The third-order valence-electron chi connectivity index (χ3n) is 5.11. The number of nitrogens with one attached hydrogen (secondary N) is 1. The summed E-state index contributed by atoms with van der Waals surface area (Å²) in [6, 6.07) is 10.6. The first kappa shape index (κ1) is 17.1. The molecule has 1 aliphatic rings. The Hall–Kier alpha value is -1.74. The van der Waals surface area contributed by atoms with Gasteiger partial charge in [-0.3, -0.25) is 0 Å². The Morgan fingerprint density at radius 3 is 2.50 bits per heavy atom. The summed E-state index contributed by atoms with van der Waals surface area (Å²) in [5.74, 6) is 2.71. The van der Waals surface area contributed by atoms with E-state index < -0.39 is 0 Å². The molecule has 0 atom stereocenters. The van der Waals surface area contributed by atoms with Gasteiger partial charge in [0.2, 0.25) is 0 Å². The summed E-state index contributed by atoms with van der Waals surface area (Å²) in [7, 11) is 0. The first-order valence-electron chi connectivity index (χ1n) is 9.23. The quantitative estimate of drug-likeness (QED) is 0.730. The normalized spacial score (nSPS) is 15.8. The summed E-state index contributed by atoms with van der Waals surface area (Å²) in [4.78, 5) is 0. The number of aliphatic hydroxyl groups excluding tert-OH is 1. The number of furan rings is 1. The number of hydrogen-bond donors (Lipinski definition) is 2. The second-order valence-corrected chi connectivity index (χ2v) is 7.22. The van der Waals surface area contributed by atoms with Crippen molar-refractivity contribution < 1.29 is 9.52 Å². The molecule has 0 saturated heterocycles. The van der Waals surface area contributed by atoms with Gasteiger partial charge in [-0.25, -0.2) is 0 Å². The van der Waals surface area contributed by atoms with E-state index in [1.165, 1.54) is 48.9 Å². The van der Waals surface area contributed by atoms with Crippen LogP contribution in [-0.2, 0) is 13.2 Å². The van der Waals surface area contributed by atoms with Gasteiger partial charge in [0.1, 0.15) is 18.1 Å². The summed E-state index contributed by atoms with van der Waals surface area (Å²) in [5, 5.41) is 12.7. The highest BCUT2D eigenvalue weighted by molar-refractivity contribution is 5.55. The molecule has 130 valence electrons. The van der Waals surface area contributed by atoms with E-state index in [-0.39, 0.29) is 6.61 Å². The Balaban J connectivity index is 1.79. The zero-order valence-corrected chi connectivity index (χ0v) is 14.8. The Kier molecular flexibility index (Phi) is 5.62. The summed E-state index contributed by atoms with van der Waals surface area (Å²) in [5.41, 5.74) is 4.12. The molecule has 1 aliphatic carbocycles. The van der Waals surface area contributed by atoms with Gasteiger partial charge in [-0.2, -0.15) is 0 Å². The molecule has 3 heteroatoms. The monoisotopic (exact) mass is 327 g/mol. The van der Waals surface area contributed by atoms with E-state index in [0.29, 0.717) is 24.1 Å². The van der Waals surface area contributed by atoms with Crippen molar-refractivity contribution in [2.45, 2.75) is 70.9 Å². The average Bonchev–Trinajstić information content (AvgIpc) is 3.08. The molecule has 0 spiro atoms. The van der Waals surface area contributed by atoms with Crippen LogP contribution in [0.1, 0.15) is 80.4 Å². The average molecular weight is 327 g/mol. The van der Waals surface area contributed by atoms with E-state index in [4.69, 9.17) is 9.52 Å². The molecular weight excluding hydrogens is 298 g/mol. The summed E-state index contributed by atoms with van der Waals surface area (Å²) >= 11 is 0. The molecule has 2 N–H and O–H groups in total. The molecule has 1 saturated carbocycles. The topological polar surface area (TPSA) is 45.4 Å². The molecule has 0 aliphatic heterocycles. The zero-order chi connectivity index (χ0) is 16.9. The van der Waals surface area contributed by atoms with Gasteiger partial charge < -0.3 is 14.8 Å². The lowest BCUT2D eigenvalue weighted by atomic mass is 9.82. The van der Waals surface area contributed by atoms with Gasteiger partial charge in [-0.1, -0.05) is 45.2 Å². The molecular formula is C21H29NO2. The van der Waals surface area contributed by atoms with Crippen LogP contribution in [0.4, 0.5) is 5.69 Å². The molecule has 1 aromatic heterocycles. The van der Waals surface area contributed by atoms with Crippen LogP contribution in [0.5, 0.6) is 0 Å². The Morgan fingerprint density at radius 1 is 1.08 bits per heavy atom. The highest BCUT2D eigenvalue weighted by Gasteiger charge is 2.19. The lowest BCUT2D eigenvalue weighted by molar-refractivity contribution is 0.244. The van der Waals surface area contributed by atoms with Gasteiger partial charge in [0, 0.05) is 5.69 Å². The predicted octanol–water partition coefficient (Wildman–Crippen LogP) is 5.56. The minimum absolute atomic E-state index is 0.0452. The lowest BCUT2D eigenvalue weighted by Gasteiger charge is -2.26. The lowest BCUT2D eigenvalue weighted by Crippen LogP contribution is -2.10. The third kappa shape index (κ3) is 4.02. The predicted molar refractivity (Wildman–Crippen MR) is 98.3 cm³/mol. The van der Waals surface area contributed by atoms with Gasteiger partial charge in [0.25, 0.3) is 0 Å². The van der Waals surface area contributed by atoms with Crippen molar-refractivity contribution in [1.82, 2.24) is 0 Å². The zero-order valence-electron chi connectivity index (χ0n) is 14.8. The van der Waals surface area contributed by atoms with Crippen molar-refractivity contribution in [3.8, 4) is 0 Å². The van der Waals surface area contributed by atoms with Crippen LogP contribution in [0.15, 0.2) is 34.7 Å². The smallest absolute Gasteiger partial charge is 0.129 e. The molecule has 2 aromatic rings. The largest absolute Gasteiger partial charge is 0.462 e. The summed E-state index contributed by atoms with van der Waals surface area (Å²) in [6.07, 6.45) is 6.65. The van der Waals surface area contributed by atoms with Crippen molar-refractivity contribution in [3.05, 3.63) is 53.0 Å². The van der Waals surface area contributed by atoms with Crippen LogP contribution < -0.4 is 5.32 Å². The van der Waals surface area contributed by atoms with Crippen molar-refractivity contribution in [2.24, 2.45) is 0 Å². The minimum atomic E-state index is -0.0452. The van der Waals surface area contributed by atoms with Crippen LogP contribution in [0.25, 0.3) is 0 Å². The van der Waals surface area contributed by atoms with Gasteiger partial charge >= 0.3 is 0 Å². The van der Waals surface area contributed by atoms with E-state index in [0.717, 1.165) is 5.76 Å². The number of anilines is 1. The Labute approximate surface area is 145 Å². The van der Waals surface area contributed by atoms with E-state index in [2.05, 4.69) is 37.4 Å². The maximum absolute atomic E-state index is 9.12. The first-order chi connectivity index (χ1) is 11.7.